The van der Waals surface area contributed by atoms with Gasteiger partial charge >= 0.3 is 0 Å². The number of piperazine rings is 1. The van der Waals surface area contributed by atoms with Crippen molar-refractivity contribution in [2.24, 2.45) is 0 Å². The molecule has 1 fully saturated rings. The number of likely N-dealkylation sites (N-methyl/N-ethyl adjacent to an activating group) is 2. The summed E-state index contributed by atoms with van der Waals surface area (Å²) < 4.78 is 10.3. The average molecular weight is 259 g/mol. The van der Waals surface area contributed by atoms with Crippen molar-refractivity contribution in [2.75, 3.05) is 73.7 Å². The molecule has 0 spiro atoms. The molecule has 1 atom stereocenters. The molecule has 1 saturated heterocycles. The summed E-state index contributed by atoms with van der Waals surface area (Å²) in [5.74, 6) is 0. The van der Waals surface area contributed by atoms with Crippen molar-refractivity contribution < 1.29 is 9.47 Å². The number of rotatable bonds is 9. The van der Waals surface area contributed by atoms with Gasteiger partial charge in [-0.1, -0.05) is 0 Å². The molecule has 0 bridgehead atoms. The Bertz CT molecular complexity index is 205. The molecule has 1 unspecified atom stereocenters. The van der Waals surface area contributed by atoms with Crippen LogP contribution in [0, 0.1) is 0 Å². The van der Waals surface area contributed by atoms with Crippen LogP contribution in [0.25, 0.3) is 0 Å². The van der Waals surface area contributed by atoms with E-state index >= 15 is 0 Å². The van der Waals surface area contributed by atoms with E-state index < -0.39 is 0 Å². The third-order valence-electron chi connectivity index (χ3n) is 3.43. The zero-order chi connectivity index (χ0) is 13.2. The first-order valence-corrected chi connectivity index (χ1v) is 6.90. The highest BCUT2D eigenvalue weighted by molar-refractivity contribution is 4.80. The number of nitrogens with one attached hydrogen (secondary N) is 1. The molecule has 0 amide bonds. The Balaban J connectivity index is 1.93. The van der Waals surface area contributed by atoms with Crippen molar-refractivity contribution in [1.82, 2.24) is 15.1 Å². The first-order chi connectivity index (χ1) is 8.74. The van der Waals surface area contributed by atoms with Crippen LogP contribution in [0.3, 0.4) is 0 Å². The van der Waals surface area contributed by atoms with Crippen molar-refractivity contribution in [3.63, 3.8) is 0 Å². The summed E-state index contributed by atoms with van der Waals surface area (Å²) >= 11 is 0. The first kappa shape index (κ1) is 15.9. The van der Waals surface area contributed by atoms with Crippen LogP contribution in [-0.4, -0.2) is 89.6 Å². The van der Waals surface area contributed by atoms with E-state index in [9.17, 15) is 0 Å². The Hall–Kier alpha value is -0.200. The SMILES string of the molecule is COCCOCCCNCC1CN(C)CCN1C. The lowest BCUT2D eigenvalue weighted by atomic mass is 10.2. The summed E-state index contributed by atoms with van der Waals surface area (Å²) in [5, 5.41) is 3.52. The predicted molar refractivity (Wildman–Crippen MR) is 74.1 cm³/mol. The van der Waals surface area contributed by atoms with E-state index in [1.807, 2.05) is 0 Å². The van der Waals surface area contributed by atoms with Gasteiger partial charge in [-0.25, -0.2) is 0 Å². The average Bonchev–Trinajstić information content (AvgIpc) is 2.36. The molecule has 0 aliphatic carbocycles. The Kier molecular flexibility index (Phi) is 8.54. The van der Waals surface area contributed by atoms with Gasteiger partial charge in [-0.15, -0.1) is 0 Å². The fraction of sp³-hybridized carbons (Fsp3) is 1.00. The van der Waals surface area contributed by atoms with Crippen molar-refractivity contribution >= 4 is 0 Å². The van der Waals surface area contributed by atoms with Crippen LogP contribution in [0.1, 0.15) is 6.42 Å². The summed E-state index contributed by atoms with van der Waals surface area (Å²) in [6.45, 7) is 7.81. The molecule has 18 heavy (non-hydrogen) atoms. The summed E-state index contributed by atoms with van der Waals surface area (Å²) in [6, 6.07) is 0.637. The topological polar surface area (TPSA) is 37.0 Å². The molecule has 1 aliphatic rings. The lowest BCUT2D eigenvalue weighted by Crippen LogP contribution is -2.53. The van der Waals surface area contributed by atoms with Crippen molar-refractivity contribution in [2.45, 2.75) is 12.5 Å². The smallest absolute Gasteiger partial charge is 0.0700 e. The highest BCUT2D eigenvalue weighted by atomic mass is 16.5. The van der Waals surface area contributed by atoms with E-state index in [2.05, 4.69) is 29.2 Å². The van der Waals surface area contributed by atoms with Gasteiger partial charge in [-0.05, 0) is 27.1 Å². The highest BCUT2D eigenvalue weighted by Gasteiger charge is 2.21. The van der Waals surface area contributed by atoms with Crippen LogP contribution in [-0.2, 0) is 9.47 Å². The molecule has 1 N–H and O–H groups in total. The van der Waals surface area contributed by atoms with E-state index in [-0.39, 0.29) is 0 Å². The van der Waals surface area contributed by atoms with Crippen molar-refractivity contribution in [3.8, 4) is 0 Å². The maximum absolute atomic E-state index is 5.42. The number of hydrogen-bond donors (Lipinski definition) is 1. The Morgan fingerprint density at radius 3 is 2.78 bits per heavy atom. The number of ether oxygens (including phenoxy) is 2. The molecule has 0 saturated carbocycles. The highest BCUT2D eigenvalue weighted by Crippen LogP contribution is 2.04. The van der Waals surface area contributed by atoms with E-state index in [1.54, 1.807) is 7.11 Å². The fourth-order valence-electron chi connectivity index (χ4n) is 2.13. The molecule has 0 radical (unpaired) electrons. The molecular formula is C13H29N3O2. The second-order valence-electron chi connectivity index (χ2n) is 5.06. The summed E-state index contributed by atoms with van der Waals surface area (Å²) in [5.41, 5.74) is 0. The standard InChI is InChI=1S/C13H29N3O2/c1-15-6-7-16(2)13(12-15)11-14-5-4-8-18-10-9-17-3/h13-14H,4-12H2,1-3H3. The summed E-state index contributed by atoms with van der Waals surface area (Å²) in [6.07, 6.45) is 1.07. The van der Waals surface area contributed by atoms with Gasteiger partial charge in [0.05, 0.1) is 13.2 Å². The molecule has 1 rings (SSSR count). The minimum Gasteiger partial charge on any atom is -0.382 e. The lowest BCUT2D eigenvalue weighted by molar-refractivity contribution is 0.0688. The first-order valence-electron chi connectivity index (χ1n) is 6.90. The van der Waals surface area contributed by atoms with Gasteiger partial charge in [-0.2, -0.15) is 0 Å². The van der Waals surface area contributed by atoms with Crippen LogP contribution in [0.2, 0.25) is 0 Å². The van der Waals surface area contributed by atoms with Crippen LogP contribution in [0.5, 0.6) is 0 Å². The Labute approximate surface area is 111 Å². The van der Waals surface area contributed by atoms with Gasteiger partial charge in [0.15, 0.2) is 0 Å². The fourth-order valence-corrected chi connectivity index (χ4v) is 2.13. The van der Waals surface area contributed by atoms with Crippen LogP contribution >= 0.6 is 0 Å². The second-order valence-corrected chi connectivity index (χ2v) is 5.06. The number of methoxy groups -OCH3 is 1. The summed E-state index contributed by atoms with van der Waals surface area (Å²) in [4.78, 5) is 4.85. The molecule has 5 heteroatoms. The van der Waals surface area contributed by atoms with Gasteiger partial charge in [0, 0.05) is 45.9 Å². The second kappa shape index (κ2) is 9.69. The van der Waals surface area contributed by atoms with Gasteiger partial charge in [-0.3, -0.25) is 4.90 Å². The molecule has 1 aliphatic heterocycles. The van der Waals surface area contributed by atoms with Crippen LogP contribution < -0.4 is 5.32 Å². The van der Waals surface area contributed by atoms with Crippen LogP contribution in [0.4, 0.5) is 0 Å². The van der Waals surface area contributed by atoms with Crippen molar-refractivity contribution in [3.05, 3.63) is 0 Å². The van der Waals surface area contributed by atoms with E-state index in [0.29, 0.717) is 19.3 Å². The van der Waals surface area contributed by atoms with Gasteiger partial charge < -0.3 is 19.7 Å². The molecule has 0 aromatic heterocycles. The molecule has 0 aromatic rings. The monoisotopic (exact) mass is 259 g/mol. The van der Waals surface area contributed by atoms with Gasteiger partial charge in [0.2, 0.25) is 0 Å². The van der Waals surface area contributed by atoms with Gasteiger partial charge in [0.1, 0.15) is 0 Å². The normalized spacial score (nSPS) is 22.5. The summed E-state index contributed by atoms with van der Waals surface area (Å²) in [7, 11) is 6.11. The Morgan fingerprint density at radius 2 is 2.00 bits per heavy atom. The molecular weight excluding hydrogens is 230 g/mol. The van der Waals surface area contributed by atoms with Gasteiger partial charge in [0.25, 0.3) is 0 Å². The third-order valence-corrected chi connectivity index (χ3v) is 3.43. The van der Waals surface area contributed by atoms with E-state index in [4.69, 9.17) is 9.47 Å². The van der Waals surface area contributed by atoms with E-state index in [1.165, 1.54) is 13.1 Å². The maximum atomic E-state index is 5.42. The zero-order valence-corrected chi connectivity index (χ0v) is 12.2. The largest absolute Gasteiger partial charge is 0.382 e. The molecule has 1 heterocycles. The van der Waals surface area contributed by atoms with E-state index in [0.717, 1.165) is 32.7 Å². The number of hydrogen-bond acceptors (Lipinski definition) is 5. The molecule has 0 aromatic carbocycles. The Morgan fingerprint density at radius 1 is 1.17 bits per heavy atom. The van der Waals surface area contributed by atoms with Crippen molar-refractivity contribution in [1.29, 1.82) is 0 Å². The maximum Gasteiger partial charge on any atom is 0.0700 e. The molecule has 5 nitrogen and oxygen atoms in total. The minimum absolute atomic E-state index is 0.637. The molecule has 108 valence electrons. The van der Waals surface area contributed by atoms with Crippen LogP contribution in [0.15, 0.2) is 0 Å². The predicted octanol–water partition coefficient (Wildman–Crippen LogP) is -0.125. The minimum atomic E-state index is 0.637. The zero-order valence-electron chi connectivity index (χ0n) is 12.2. The third kappa shape index (κ3) is 6.66. The lowest BCUT2D eigenvalue weighted by Gasteiger charge is -2.37. The number of nitrogens with zero attached hydrogens (tertiary/aromatic N) is 2. The quantitative estimate of drug-likeness (QED) is 0.584.